The highest BCUT2D eigenvalue weighted by molar-refractivity contribution is 5.47. The number of rotatable bonds is 6. The summed E-state index contributed by atoms with van der Waals surface area (Å²) < 4.78 is 5.32. The first-order chi connectivity index (χ1) is 8.00. The van der Waals surface area contributed by atoms with E-state index in [9.17, 15) is 15.2 Å². The van der Waals surface area contributed by atoms with Gasteiger partial charge in [0.05, 0.1) is 17.6 Å². The number of hydrogen-bond acceptors (Lipinski definition) is 5. The van der Waals surface area contributed by atoms with E-state index in [1.807, 2.05) is 19.0 Å². The second kappa shape index (κ2) is 6.05. The fourth-order valence-electron chi connectivity index (χ4n) is 1.30. The molecule has 0 aromatic heterocycles. The van der Waals surface area contributed by atoms with Crippen molar-refractivity contribution in [1.82, 2.24) is 4.90 Å². The van der Waals surface area contributed by atoms with Crippen molar-refractivity contribution in [3.63, 3.8) is 0 Å². The molecule has 0 atom stereocenters. The molecule has 0 radical (unpaired) electrons. The first-order valence-electron chi connectivity index (χ1n) is 5.25. The van der Waals surface area contributed by atoms with Crippen molar-refractivity contribution < 1.29 is 14.8 Å². The molecule has 6 heteroatoms. The van der Waals surface area contributed by atoms with Crippen LogP contribution in [0.5, 0.6) is 11.5 Å². The monoisotopic (exact) mass is 240 g/mol. The molecule has 0 bridgehead atoms. The van der Waals surface area contributed by atoms with E-state index in [2.05, 4.69) is 0 Å². The van der Waals surface area contributed by atoms with Crippen LogP contribution in [0.1, 0.15) is 6.42 Å². The fraction of sp³-hybridized carbons (Fsp3) is 0.455. The molecule has 1 rings (SSSR count). The molecule has 0 aliphatic heterocycles. The number of aromatic hydroxyl groups is 1. The van der Waals surface area contributed by atoms with Gasteiger partial charge in [-0.05, 0) is 26.6 Å². The molecular weight excluding hydrogens is 224 g/mol. The number of benzene rings is 1. The summed E-state index contributed by atoms with van der Waals surface area (Å²) in [6.07, 6.45) is 0.823. The SMILES string of the molecule is CN(C)CCCOc1ccc([N+](=O)[O-])cc1O. The minimum atomic E-state index is -0.560. The Hall–Kier alpha value is -1.82. The van der Waals surface area contributed by atoms with Crippen LogP contribution in [0, 0.1) is 10.1 Å². The van der Waals surface area contributed by atoms with Gasteiger partial charge in [0.25, 0.3) is 5.69 Å². The molecule has 0 saturated heterocycles. The zero-order chi connectivity index (χ0) is 12.8. The lowest BCUT2D eigenvalue weighted by Crippen LogP contribution is -2.15. The number of non-ortho nitro benzene ring substituents is 1. The highest BCUT2D eigenvalue weighted by Gasteiger charge is 2.10. The van der Waals surface area contributed by atoms with Crippen LogP contribution < -0.4 is 4.74 Å². The Bertz CT molecular complexity index is 393. The van der Waals surface area contributed by atoms with E-state index in [1.54, 1.807) is 0 Å². The number of nitro benzene ring substituents is 1. The first kappa shape index (κ1) is 13.2. The lowest BCUT2D eigenvalue weighted by Gasteiger charge is -2.10. The van der Waals surface area contributed by atoms with E-state index in [-0.39, 0.29) is 17.2 Å². The summed E-state index contributed by atoms with van der Waals surface area (Å²) in [5, 5.41) is 20.0. The zero-order valence-electron chi connectivity index (χ0n) is 9.92. The van der Waals surface area contributed by atoms with Gasteiger partial charge in [-0.25, -0.2) is 0 Å². The van der Waals surface area contributed by atoms with Crippen LogP contribution in [-0.2, 0) is 0 Å². The third-order valence-corrected chi connectivity index (χ3v) is 2.16. The summed E-state index contributed by atoms with van der Waals surface area (Å²) >= 11 is 0. The number of hydrogen-bond donors (Lipinski definition) is 1. The van der Waals surface area contributed by atoms with Gasteiger partial charge in [0.1, 0.15) is 0 Å². The van der Waals surface area contributed by atoms with Crippen LogP contribution in [0.4, 0.5) is 5.69 Å². The van der Waals surface area contributed by atoms with Crippen molar-refractivity contribution in [2.24, 2.45) is 0 Å². The number of nitro groups is 1. The van der Waals surface area contributed by atoms with E-state index >= 15 is 0 Å². The van der Waals surface area contributed by atoms with E-state index < -0.39 is 4.92 Å². The van der Waals surface area contributed by atoms with Gasteiger partial charge >= 0.3 is 0 Å². The molecule has 0 aliphatic rings. The summed E-state index contributed by atoms with van der Waals surface area (Å²) in [4.78, 5) is 11.9. The molecule has 1 aromatic carbocycles. The highest BCUT2D eigenvalue weighted by atomic mass is 16.6. The molecular formula is C11H16N2O4. The Kier molecular flexibility index (Phi) is 4.71. The zero-order valence-corrected chi connectivity index (χ0v) is 9.92. The molecule has 94 valence electrons. The second-order valence-corrected chi connectivity index (χ2v) is 3.91. The number of phenolic OH excluding ortho intramolecular Hbond substituents is 1. The Labute approximate surface area is 99.6 Å². The van der Waals surface area contributed by atoms with Crippen LogP contribution >= 0.6 is 0 Å². The van der Waals surface area contributed by atoms with Crippen LogP contribution in [-0.4, -0.2) is 42.2 Å². The average molecular weight is 240 g/mol. The van der Waals surface area contributed by atoms with Crippen LogP contribution in [0.15, 0.2) is 18.2 Å². The van der Waals surface area contributed by atoms with Gasteiger partial charge in [0.15, 0.2) is 11.5 Å². The Balaban J connectivity index is 2.52. The molecule has 0 fully saturated rings. The summed E-state index contributed by atoms with van der Waals surface area (Å²) in [7, 11) is 3.92. The number of phenols is 1. The van der Waals surface area contributed by atoms with Gasteiger partial charge < -0.3 is 14.7 Å². The van der Waals surface area contributed by atoms with Crippen LogP contribution in [0.2, 0.25) is 0 Å². The van der Waals surface area contributed by atoms with E-state index in [1.165, 1.54) is 12.1 Å². The smallest absolute Gasteiger partial charge is 0.273 e. The predicted octanol–water partition coefficient (Wildman–Crippen LogP) is 1.63. The topological polar surface area (TPSA) is 75.8 Å². The summed E-state index contributed by atoms with van der Waals surface area (Å²) in [6.45, 7) is 1.34. The maximum atomic E-state index is 10.4. The molecule has 0 saturated carbocycles. The van der Waals surface area contributed by atoms with Crippen LogP contribution in [0.25, 0.3) is 0 Å². The average Bonchev–Trinajstić information content (AvgIpc) is 2.25. The van der Waals surface area contributed by atoms with E-state index in [4.69, 9.17) is 4.74 Å². The lowest BCUT2D eigenvalue weighted by molar-refractivity contribution is -0.385. The maximum Gasteiger partial charge on any atom is 0.273 e. The minimum Gasteiger partial charge on any atom is -0.504 e. The Morgan fingerprint density at radius 2 is 2.18 bits per heavy atom. The van der Waals surface area contributed by atoms with Crippen molar-refractivity contribution >= 4 is 5.69 Å². The van der Waals surface area contributed by atoms with Crippen molar-refractivity contribution in [3.05, 3.63) is 28.3 Å². The predicted molar refractivity (Wildman–Crippen MR) is 63.4 cm³/mol. The van der Waals surface area contributed by atoms with Crippen molar-refractivity contribution in [3.8, 4) is 11.5 Å². The van der Waals surface area contributed by atoms with Gasteiger partial charge in [-0.15, -0.1) is 0 Å². The number of nitrogens with zero attached hydrogens (tertiary/aromatic N) is 2. The van der Waals surface area contributed by atoms with Crippen molar-refractivity contribution in [2.75, 3.05) is 27.2 Å². The maximum absolute atomic E-state index is 10.4. The van der Waals surface area contributed by atoms with Gasteiger partial charge in [0, 0.05) is 12.6 Å². The summed E-state index contributed by atoms with van der Waals surface area (Å²) in [5.41, 5.74) is -0.150. The van der Waals surface area contributed by atoms with Crippen molar-refractivity contribution in [1.29, 1.82) is 0 Å². The molecule has 0 aliphatic carbocycles. The third kappa shape index (κ3) is 4.28. The molecule has 6 nitrogen and oxygen atoms in total. The normalized spacial score (nSPS) is 10.5. The van der Waals surface area contributed by atoms with Gasteiger partial charge in [-0.2, -0.15) is 0 Å². The Morgan fingerprint density at radius 3 is 2.71 bits per heavy atom. The van der Waals surface area contributed by atoms with Crippen LogP contribution in [0.3, 0.4) is 0 Å². The molecule has 0 amide bonds. The van der Waals surface area contributed by atoms with Gasteiger partial charge in [-0.1, -0.05) is 0 Å². The first-order valence-corrected chi connectivity index (χ1v) is 5.25. The third-order valence-electron chi connectivity index (χ3n) is 2.16. The molecule has 1 N–H and O–H groups in total. The molecule has 1 aromatic rings. The molecule has 0 unspecified atom stereocenters. The largest absolute Gasteiger partial charge is 0.504 e. The standard InChI is InChI=1S/C11H16N2O4/c1-12(2)6-3-7-17-11-5-4-9(13(15)16)8-10(11)14/h4-5,8,14H,3,6-7H2,1-2H3. The van der Waals surface area contributed by atoms with E-state index in [0.717, 1.165) is 19.0 Å². The minimum absolute atomic E-state index is 0.150. The molecule has 17 heavy (non-hydrogen) atoms. The van der Waals surface area contributed by atoms with Crippen molar-refractivity contribution in [2.45, 2.75) is 6.42 Å². The van der Waals surface area contributed by atoms with E-state index in [0.29, 0.717) is 6.61 Å². The second-order valence-electron chi connectivity index (χ2n) is 3.91. The fourth-order valence-corrected chi connectivity index (χ4v) is 1.30. The molecule has 0 spiro atoms. The number of ether oxygens (including phenoxy) is 1. The van der Waals surface area contributed by atoms with Gasteiger partial charge in [0.2, 0.25) is 0 Å². The quantitative estimate of drug-likeness (QED) is 0.464. The summed E-state index contributed by atoms with van der Waals surface area (Å²) in [6, 6.07) is 3.80. The lowest BCUT2D eigenvalue weighted by atomic mass is 10.3. The summed E-state index contributed by atoms with van der Waals surface area (Å²) in [5.74, 6) is 0.0680. The van der Waals surface area contributed by atoms with Gasteiger partial charge in [-0.3, -0.25) is 10.1 Å². The highest BCUT2D eigenvalue weighted by Crippen LogP contribution is 2.29. The molecule has 0 heterocycles. The Morgan fingerprint density at radius 1 is 1.47 bits per heavy atom.